The molecule has 2 atom stereocenters. The fourth-order valence-electron chi connectivity index (χ4n) is 8.68. The van der Waals surface area contributed by atoms with Crippen molar-refractivity contribution >= 4 is 0 Å². The normalized spacial score (nSPS) is 35.8. The topological polar surface area (TPSA) is 0 Å². The molecule has 0 amide bonds. The largest absolute Gasteiger partial charge is 0.0991 e. The molecular formula is C33H40. The predicted octanol–water partition coefficient (Wildman–Crippen LogP) is 8.95. The number of hydrogen-bond acceptors (Lipinski definition) is 0. The van der Waals surface area contributed by atoms with Crippen molar-refractivity contribution in [2.45, 2.75) is 77.0 Å². The lowest BCUT2D eigenvalue weighted by atomic mass is 9.30. The summed E-state index contributed by atoms with van der Waals surface area (Å²) in [6, 6.07) is 23.1. The van der Waals surface area contributed by atoms with Crippen molar-refractivity contribution in [3.63, 3.8) is 0 Å². The zero-order valence-electron chi connectivity index (χ0n) is 21.0. The Labute approximate surface area is 201 Å². The molecule has 0 nitrogen and oxygen atoms in total. The smallest absolute Gasteiger partial charge is 0.00245 e. The SMILES string of the molecule is C=CC=CC(=CC)C12CC3(c4ccccc4)CC(c4ccccc4)(C1)CC(C(C)(C)C)(C2)C3. The first-order valence-electron chi connectivity index (χ1n) is 12.8. The summed E-state index contributed by atoms with van der Waals surface area (Å²) in [5, 5.41) is 0. The lowest BCUT2D eigenvalue weighted by Crippen LogP contribution is -2.67. The Bertz CT molecular complexity index is 1020. The Morgan fingerprint density at radius 2 is 1.27 bits per heavy atom. The van der Waals surface area contributed by atoms with E-state index in [1.165, 1.54) is 44.1 Å². The molecule has 0 N–H and O–H groups in total. The van der Waals surface area contributed by atoms with E-state index in [0.717, 1.165) is 0 Å². The average molecular weight is 437 g/mol. The molecule has 0 heteroatoms. The van der Waals surface area contributed by atoms with Crippen molar-refractivity contribution in [2.24, 2.45) is 16.2 Å². The summed E-state index contributed by atoms with van der Waals surface area (Å²) in [7, 11) is 0. The molecule has 2 unspecified atom stereocenters. The Morgan fingerprint density at radius 3 is 1.70 bits per heavy atom. The summed E-state index contributed by atoms with van der Waals surface area (Å²) in [4.78, 5) is 0. The average Bonchev–Trinajstić information content (AvgIpc) is 2.79. The first kappa shape index (κ1) is 22.5. The highest BCUT2D eigenvalue weighted by Crippen LogP contribution is 2.78. The second-order valence-corrected chi connectivity index (χ2v) is 12.5. The van der Waals surface area contributed by atoms with Crippen molar-refractivity contribution < 1.29 is 0 Å². The van der Waals surface area contributed by atoms with Gasteiger partial charge in [0.2, 0.25) is 0 Å². The van der Waals surface area contributed by atoms with Crippen LogP contribution in [0.1, 0.15) is 77.3 Å². The third kappa shape index (κ3) is 3.32. The van der Waals surface area contributed by atoms with Crippen LogP contribution in [0.4, 0.5) is 0 Å². The van der Waals surface area contributed by atoms with Crippen LogP contribution in [0.2, 0.25) is 0 Å². The molecular weight excluding hydrogens is 396 g/mol. The molecule has 4 fully saturated rings. The van der Waals surface area contributed by atoms with Crippen LogP contribution in [-0.2, 0) is 10.8 Å². The van der Waals surface area contributed by atoms with Gasteiger partial charge in [-0.3, -0.25) is 0 Å². The first-order valence-corrected chi connectivity index (χ1v) is 12.8. The first-order chi connectivity index (χ1) is 15.7. The van der Waals surface area contributed by atoms with Crippen LogP contribution >= 0.6 is 0 Å². The van der Waals surface area contributed by atoms with Crippen molar-refractivity contribution in [3.8, 4) is 0 Å². The number of rotatable bonds is 5. The highest BCUT2D eigenvalue weighted by atomic mass is 14.7. The molecule has 4 saturated carbocycles. The van der Waals surface area contributed by atoms with Crippen molar-refractivity contribution in [3.05, 3.63) is 108 Å². The van der Waals surface area contributed by atoms with Crippen LogP contribution in [0, 0.1) is 16.2 Å². The summed E-state index contributed by atoms with van der Waals surface area (Å²) in [6.07, 6.45) is 16.6. The van der Waals surface area contributed by atoms with Gasteiger partial charge in [-0.05, 0) is 89.2 Å². The minimum atomic E-state index is 0.196. The third-order valence-corrected chi connectivity index (χ3v) is 9.76. The predicted molar refractivity (Wildman–Crippen MR) is 141 cm³/mol. The standard InChI is InChI=1S/C33H40/c1-6-8-15-26(7-2)30-20-31(27-16-11-9-12-17-27)22-32(21-30,28-18-13-10-14-19-28)25-33(23-30,24-31)29(3,4)5/h6-19H,1,20-25H2,2-5H3. The zero-order chi connectivity index (χ0) is 23.4. The van der Waals surface area contributed by atoms with Crippen LogP contribution in [0.25, 0.3) is 0 Å². The summed E-state index contributed by atoms with van der Waals surface area (Å²) in [5.41, 5.74) is 5.84. The second kappa shape index (κ2) is 7.59. The molecule has 2 aromatic carbocycles. The Morgan fingerprint density at radius 1 is 0.758 bits per heavy atom. The number of hydrogen-bond donors (Lipinski definition) is 0. The van der Waals surface area contributed by atoms with E-state index in [2.05, 4.69) is 113 Å². The van der Waals surface area contributed by atoms with Crippen molar-refractivity contribution in [1.29, 1.82) is 0 Å². The highest BCUT2D eigenvalue weighted by molar-refractivity contribution is 5.45. The Hall–Kier alpha value is -2.34. The lowest BCUT2D eigenvalue weighted by Gasteiger charge is -2.74. The fraction of sp³-hybridized carbons (Fsp3) is 0.455. The molecule has 4 aliphatic carbocycles. The Kier molecular flexibility index (Phi) is 5.16. The minimum Gasteiger partial charge on any atom is -0.0991 e. The minimum absolute atomic E-state index is 0.196. The monoisotopic (exact) mass is 436 g/mol. The fourth-order valence-corrected chi connectivity index (χ4v) is 8.68. The molecule has 0 spiro atoms. The molecule has 4 aliphatic rings. The maximum Gasteiger partial charge on any atom is -0.00245 e. The molecule has 0 heterocycles. The summed E-state index contributed by atoms with van der Waals surface area (Å²) in [5.74, 6) is 0. The van der Waals surface area contributed by atoms with Gasteiger partial charge in [0, 0.05) is 0 Å². The maximum absolute atomic E-state index is 3.97. The van der Waals surface area contributed by atoms with Gasteiger partial charge >= 0.3 is 0 Å². The van der Waals surface area contributed by atoms with Crippen LogP contribution in [-0.4, -0.2) is 0 Å². The molecule has 4 bridgehead atoms. The quantitative estimate of drug-likeness (QED) is 0.410. The van der Waals surface area contributed by atoms with E-state index in [1.807, 2.05) is 6.08 Å². The Balaban J connectivity index is 1.80. The van der Waals surface area contributed by atoms with E-state index in [9.17, 15) is 0 Å². The van der Waals surface area contributed by atoms with Gasteiger partial charge in [0.15, 0.2) is 0 Å². The van der Waals surface area contributed by atoms with E-state index < -0.39 is 0 Å². The van der Waals surface area contributed by atoms with Gasteiger partial charge in [-0.15, -0.1) is 0 Å². The van der Waals surface area contributed by atoms with Gasteiger partial charge in [-0.2, -0.15) is 0 Å². The van der Waals surface area contributed by atoms with Crippen LogP contribution in [0.3, 0.4) is 0 Å². The zero-order valence-corrected chi connectivity index (χ0v) is 21.0. The molecule has 0 saturated heterocycles. The van der Waals surface area contributed by atoms with E-state index in [4.69, 9.17) is 0 Å². The molecule has 6 rings (SSSR count). The highest BCUT2D eigenvalue weighted by Gasteiger charge is 2.71. The van der Waals surface area contributed by atoms with Crippen LogP contribution < -0.4 is 0 Å². The van der Waals surface area contributed by atoms with E-state index >= 15 is 0 Å². The van der Waals surface area contributed by atoms with E-state index in [1.54, 1.807) is 11.1 Å². The van der Waals surface area contributed by atoms with Gasteiger partial charge in [0.05, 0.1) is 0 Å². The van der Waals surface area contributed by atoms with Gasteiger partial charge in [-0.25, -0.2) is 0 Å². The number of benzene rings is 2. The van der Waals surface area contributed by atoms with E-state index in [-0.39, 0.29) is 21.7 Å². The molecule has 0 aromatic heterocycles. The molecule has 2 aromatic rings. The van der Waals surface area contributed by atoms with Gasteiger partial charge in [0.1, 0.15) is 0 Å². The van der Waals surface area contributed by atoms with Gasteiger partial charge in [0.25, 0.3) is 0 Å². The lowest BCUT2D eigenvalue weighted by molar-refractivity contribution is -0.169. The molecule has 33 heavy (non-hydrogen) atoms. The maximum atomic E-state index is 3.97. The number of allylic oxidation sites excluding steroid dienone is 5. The van der Waals surface area contributed by atoms with Crippen LogP contribution in [0.5, 0.6) is 0 Å². The van der Waals surface area contributed by atoms with Crippen molar-refractivity contribution in [1.82, 2.24) is 0 Å². The third-order valence-electron chi connectivity index (χ3n) is 9.76. The summed E-state index contributed by atoms with van der Waals surface area (Å²) < 4.78 is 0. The van der Waals surface area contributed by atoms with Crippen LogP contribution in [0.15, 0.2) is 97.1 Å². The molecule has 0 radical (unpaired) electrons. The van der Waals surface area contributed by atoms with Gasteiger partial charge < -0.3 is 0 Å². The van der Waals surface area contributed by atoms with E-state index in [0.29, 0.717) is 5.41 Å². The molecule has 172 valence electrons. The molecule has 0 aliphatic heterocycles. The van der Waals surface area contributed by atoms with Crippen molar-refractivity contribution in [2.75, 3.05) is 0 Å². The summed E-state index contributed by atoms with van der Waals surface area (Å²) in [6.45, 7) is 13.8. The van der Waals surface area contributed by atoms with Gasteiger partial charge in [-0.1, -0.05) is 112 Å². The summed E-state index contributed by atoms with van der Waals surface area (Å²) >= 11 is 0. The second-order valence-electron chi connectivity index (χ2n) is 12.5.